The normalized spacial score (nSPS) is 28.1. The van der Waals surface area contributed by atoms with Crippen LogP contribution in [0.2, 0.25) is 0 Å². The second-order valence-corrected chi connectivity index (χ2v) is 7.20. The lowest BCUT2D eigenvalue weighted by atomic mass is 9.58. The minimum absolute atomic E-state index is 0.0582. The number of carbonyl (C=O) groups excluding carboxylic acids is 1. The minimum Gasteiger partial charge on any atom is -0.332 e. The zero-order valence-corrected chi connectivity index (χ0v) is 14.7. The molecule has 2 heterocycles. The Morgan fingerprint density at radius 1 is 1.48 bits per heavy atom. The number of nitrogens with zero attached hydrogens (tertiary/aromatic N) is 5. The van der Waals surface area contributed by atoms with Gasteiger partial charge in [-0.2, -0.15) is 15.3 Å². The van der Waals surface area contributed by atoms with E-state index in [1.807, 2.05) is 20.0 Å². The summed E-state index contributed by atoms with van der Waals surface area (Å²) in [5, 5.41) is 18.0. The Hall–Kier alpha value is -2.75. The summed E-state index contributed by atoms with van der Waals surface area (Å²) in [5.74, 6) is 0.927. The Morgan fingerprint density at radius 3 is 2.88 bits per heavy atom. The summed E-state index contributed by atoms with van der Waals surface area (Å²) in [6, 6.07) is 2.07. The van der Waals surface area contributed by atoms with Gasteiger partial charge in [0.1, 0.15) is 11.8 Å². The number of Topliss-reactive ketones (excluding diaryl/α,β-unsaturated/α-hetero) is 1. The monoisotopic (exact) mass is 337 g/mol. The molecule has 0 amide bonds. The molecule has 3 unspecified atom stereocenters. The van der Waals surface area contributed by atoms with E-state index in [0.717, 1.165) is 29.8 Å². The van der Waals surface area contributed by atoms with Crippen LogP contribution in [0, 0.1) is 30.1 Å². The standard InChI is InChI=1S/C18H19N5O2/c1-9-13-6-5-12-14(17-20-10(2)22-25-17)23(4)21-16(12)18(13,3)7-11(8-19)15(9)24/h7,9,13H,5-6H2,1-4H3. The van der Waals surface area contributed by atoms with Crippen LogP contribution in [0.5, 0.6) is 0 Å². The Balaban J connectivity index is 1.94. The molecule has 128 valence electrons. The summed E-state index contributed by atoms with van der Waals surface area (Å²) in [4.78, 5) is 16.8. The molecule has 0 saturated heterocycles. The maximum Gasteiger partial charge on any atom is 0.276 e. The fraction of sp³-hybridized carbons (Fsp3) is 0.500. The first-order chi connectivity index (χ1) is 11.9. The molecule has 0 aliphatic heterocycles. The van der Waals surface area contributed by atoms with Gasteiger partial charge in [0.15, 0.2) is 11.6 Å². The number of aryl methyl sites for hydroxylation is 2. The molecular formula is C18H19N5O2. The van der Waals surface area contributed by atoms with Crippen molar-refractivity contribution in [1.29, 1.82) is 5.26 Å². The van der Waals surface area contributed by atoms with Gasteiger partial charge in [0.2, 0.25) is 0 Å². The Morgan fingerprint density at radius 2 is 2.24 bits per heavy atom. The molecule has 25 heavy (non-hydrogen) atoms. The molecule has 0 radical (unpaired) electrons. The van der Waals surface area contributed by atoms with Crippen LogP contribution in [0.3, 0.4) is 0 Å². The molecule has 0 saturated carbocycles. The third-order valence-electron chi connectivity index (χ3n) is 5.71. The van der Waals surface area contributed by atoms with E-state index in [9.17, 15) is 10.1 Å². The lowest BCUT2D eigenvalue weighted by molar-refractivity contribution is -0.121. The molecule has 2 aliphatic carbocycles. The molecule has 3 atom stereocenters. The van der Waals surface area contributed by atoms with Gasteiger partial charge in [-0.05, 0) is 25.7 Å². The van der Waals surface area contributed by atoms with E-state index in [0.29, 0.717) is 11.7 Å². The van der Waals surface area contributed by atoms with Crippen molar-refractivity contribution >= 4 is 5.78 Å². The molecular weight excluding hydrogens is 318 g/mol. The topological polar surface area (TPSA) is 97.6 Å². The molecule has 0 bridgehead atoms. The maximum absolute atomic E-state index is 12.4. The molecule has 0 spiro atoms. The quantitative estimate of drug-likeness (QED) is 0.792. The molecule has 2 aromatic heterocycles. The highest BCUT2D eigenvalue weighted by Gasteiger charge is 2.50. The van der Waals surface area contributed by atoms with Gasteiger partial charge in [-0.1, -0.05) is 25.1 Å². The van der Waals surface area contributed by atoms with E-state index in [2.05, 4.69) is 23.1 Å². The number of fused-ring (bicyclic) bond motifs is 3. The van der Waals surface area contributed by atoms with E-state index < -0.39 is 5.41 Å². The molecule has 0 aromatic carbocycles. The third kappa shape index (κ3) is 2.03. The van der Waals surface area contributed by atoms with Crippen molar-refractivity contribution in [2.75, 3.05) is 0 Å². The number of hydrogen-bond acceptors (Lipinski definition) is 6. The van der Waals surface area contributed by atoms with Crippen LogP contribution >= 0.6 is 0 Å². The number of nitriles is 1. The highest BCUT2D eigenvalue weighted by Crippen LogP contribution is 2.50. The minimum atomic E-state index is -0.447. The second kappa shape index (κ2) is 5.12. The van der Waals surface area contributed by atoms with Gasteiger partial charge in [0.25, 0.3) is 5.89 Å². The van der Waals surface area contributed by atoms with Crippen molar-refractivity contribution in [3.63, 3.8) is 0 Å². The van der Waals surface area contributed by atoms with Gasteiger partial charge < -0.3 is 4.52 Å². The van der Waals surface area contributed by atoms with E-state index >= 15 is 0 Å². The number of carbonyl (C=O) groups is 1. The molecule has 7 nitrogen and oxygen atoms in total. The first kappa shape index (κ1) is 15.8. The average Bonchev–Trinajstić information content (AvgIpc) is 3.14. The Kier molecular flexibility index (Phi) is 3.23. The van der Waals surface area contributed by atoms with Crippen LogP contribution in [0.25, 0.3) is 11.6 Å². The maximum atomic E-state index is 12.4. The smallest absolute Gasteiger partial charge is 0.276 e. The second-order valence-electron chi connectivity index (χ2n) is 7.20. The predicted molar refractivity (Wildman–Crippen MR) is 88.3 cm³/mol. The highest BCUT2D eigenvalue weighted by atomic mass is 16.5. The van der Waals surface area contributed by atoms with Gasteiger partial charge >= 0.3 is 0 Å². The van der Waals surface area contributed by atoms with Crippen LogP contribution in [0.1, 0.15) is 37.4 Å². The molecule has 2 aliphatic rings. The van der Waals surface area contributed by atoms with Gasteiger partial charge in [-0.3, -0.25) is 9.48 Å². The molecule has 0 fully saturated rings. The van der Waals surface area contributed by atoms with Crippen molar-refractivity contribution in [3.05, 3.63) is 28.7 Å². The molecule has 2 aromatic rings. The number of ketones is 1. The van der Waals surface area contributed by atoms with Gasteiger partial charge in [-0.15, -0.1) is 0 Å². The fourth-order valence-electron chi connectivity index (χ4n) is 4.50. The van der Waals surface area contributed by atoms with Crippen LogP contribution in [0.4, 0.5) is 0 Å². The van der Waals surface area contributed by atoms with Gasteiger partial charge in [-0.25, -0.2) is 0 Å². The summed E-state index contributed by atoms with van der Waals surface area (Å²) < 4.78 is 7.13. The van der Waals surface area contributed by atoms with E-state index in [4.69, 9.17) is 9.62 Å². The zero-order valence-electron chi connectivity index (χ0n) is 14.7. The summed E-state index contributed by atoms with van der Waals surface area (Å²) in [6.45, 7) is 5.78. The molecule has 0 N–H and O–H groups in total. The summed E-state index contributed by atoms with van der Waals surface area (Å²) in [6.07, 6.45) is 3.47. The van der Waals surface area contributed by atoms with Crippen LogP contribution in [-0.2, 0) is 23.7 Å². The average molecular weight is 337 g/mol. The van der Waals surface area contributed by atoms with Crippen LogP contribution in [0.15, 0.2) is 16.2 Å². The molecule has 4 rings (SSSR count). The number of rotatable bonds is 1. The lowest BCUT2D eigenvalue weighted by Crippen LogP contribution is -2.45. The Labute approximate surface area is 145 Å². The zero-order chi connectivity index (χ0) is 17.9. The van der Waals surface area contributed by atoms with Gasteiger partial charge in [0, 0.05) is 23.9 Å². The number of aromatic nitrogens is 4. The van der Waals surface area contributed by atoms with Crippen LogP contribution < -0.4 is 0 Å². The summed E-state index contributed by atoms with van der Waals surface area (Å²) in [5.41, 5.74) is 2.59. The van der Waals surface area contributed by atoms with E-state index in [1.54, 1.807) is 11.6 Å². The van der Waals surface area contributed by atoms with Gasteiger partial charge in [0.05, 0.1) is 11.3 Å². The third-order valence-corrected chi connectivity index (χ3v) is 5.71. The summed E-state index contributed by atoms with van der Waals surface area (Å²) in [7, 11) is 1.86. The van der Waals surface area contributed by atoms with E-state index in [-0.39, 0.29) is 23.2 Å². The van der Waals surface area contributed by atoms with Crippen molar-refractivity contribution in [3.8, 4) is 17.7 Å². The predicted octanol–water partition coefficient (Wildman–Crippen LogP) is 2.27. The highest BCUT2D eigenvalue weighted by molar-refractivity contribution is 6.02. The van der Waals surface area contributed by atoms with E-state index in [1.165, 1.54) is 0 Å². The SMILES string of the molecule is Cc1noc(-c2c3c(nn2C)C2(C)C=C(C#N)C(=O)C(C)C2CC3)n1. The Bertz CT molecular complexity index is 961. The van der Waals surface area contributed by atoms with Crippen molar-refractivity contribution in [2.45, 2.75) is 39.0 Å². The molecule has 7 heteroatoms. The largest absolute Gasteiger partial charge is 0.332 e. The first-order valence-electron chi connectivity index (χ1n) is 8.41. The number of hydrogen-bond donors (Lipinski definition) is 0. The summed E-state index contributed by atoms with van der Waals surface area (Å²) >= 11 is 0. The van der Waals surface area contributed by atoms with Crippen molar-refractivity contribution < 1.29 is 9.32 Å². The fourth-order valence-corrected chi connectivity index (χ4v) is 4.50. The van der Waals surface area contributed by atoms with Crippen LogP contribution in [-0.4, -0.2) is 25.7 Å². The van der Waals surface area contributed by atoms with Crippen molar-refractivity contribution in [2.24, 2.45) is 18.9 Å². The van der Waals surface area contributed by atoms with Crippen molar-refractivity contribution in [1.82, 2.24) is 19.9 Å². The first-order valence-corrected chi connectivity index (χ1v) is 8.41. The lowest BCUT2D eigenvalue weighted by Gasteiger charge is -2.44. The number of allylic oxidation sites excluding steroid dienone is 2.